The molecule has 2 rings (SSSR count). The average molecular weight is 183 g/mol. The summed E-state index contributed by atoms with van der Waals surface area (Å²) in [6, 6.07) is 4.38. The molecule has 66 valence electrons. The van der Waals surface area contributed by atoms with Gasteiger partial charge in [0, 0.05) is 18.0 Å². The summed E-state index contributed by atoms with van der Waals surface area (Å²) in [4.78, 5) is 3.78. The first-order valence-electron chi connectivity index (χ1n) is 4.25. The van der Waals surface area contributed by atoms with Gasteiger partial charge in [0.2, 0.25) is 0 Å². The summed E-state index contributed by atoms with van der Waals surface area (Å²) >= 11 is 1.86. The maximum absolute atomic E-state index is 5.29. The molecule has 0 aromatic carbocycles. The largest absolute Gasteiger partial charge is 0.378 e. The molecule has 0 unspecified atom stereocenters. The first-order chi connectivity index (χ1) is 5.86. The molecule has 0 spiro atoms. The Morgan fingerprint density at radius 1 is 1.33 bits per heavy atom. The number of anilines is 1. The molecule has 2 nitrogen and oxygen atoms in total. The Morgan fingerprint density at radius 3 is 2.67 bits per heavy atom. The molecule has 1 aromatic heterocycles. The number of rotatable bonds is 1. The zero-order chi connectivity index (χ0) is 8.39. The summed E-state index contributed by atoms with van der Waals surface area (Å²) < 4.78 is 5.29. The quantitative estimate of drug-likeness (QED) is 0.659. The molecule has 1 saturated heterocycles. The van der Waals surface area contributed by atoms with E-state index in [1.54, 1.807) is 0 Å². The molecule has 2 heterocycles. The van der Waals surface area contributed by atoms with Gasteiger partial charge < -0.3 is 9.64 Å². The molecular formula is C9H13NOS. The van der Waals surface area contributed by atoms with Gasteiger partial charge in [0.25, 0.3) is 0 Å². The van der Waals surface area contributed by atoms with E-state index >= 15 is 0 Å². The van der Waals surface area contributed by atoms with Gasteiger partial charge >= 0.3 is 0 Å². The number of aryl methyl sites for hydroxylation is 1. The van der Waals surface area contributed by atoms with Crippen molar-refractivity contribution in [2.45, 2.75) is 6.92 Å². The topological polar surface area (TPSA) is 12.5 Å². The highest BCUT2D eigenvalue weighted by molar-refractivity contribution is 7.16. The molecule has 0 radical (unpaired) electrons. The highest BCUT2D eigenvalue weighted by atomic mass is 32.1. The van der Waals surface area contributed by atoms with E-state index in [-0.39, 0.29) is 0 Å². The number of morpholine rings is 1. The normalized spacial score (nSPS) is 18.2. The lowest BCUT2D eigenvalue weighted by Crippen LogP contribution is -2.35. The molecule has 1 aliphatic heterocycles. The maximum atomic E-state index is 5.29. The van der Waals surface area contributed by atoms with Crippen LogP contribution in [0.15, 0.2) is 12.1 Å². The fourth-order valence-corrected chi connectivity index (χ4v) is 2.29. The van der Waals surface area contributed by atoms with Crippen LogP contribution in [0.3, 0.4) is 0 Å². The van der Waals surface area contributed by atoms with Gasteiger partial charge in [-0.15, -0.1) is 11.3 Å². The lowest BCUT2D eigenvalue weighted by molar-refractivity contribution is 0.123. The molecule has 0 saturated carbocycles. The summed E-state index contributed by atoms with van der Waals surface area (Å²) in [5.74, 6) is 0. The van der Waals surface area contributed by atoms with E-state index in [2.05, 4.69) is 24.0 Å². The van der Waals surface area contributed by atoms with Crippen molar-refractivity contribution in [1.82, 2.24) is 0 Å². The molecule has 0 amide bonds. The number of nitrogens with zero attached hydrogens (tertiary/aromatic N) is 1. The smallest absolute Gasteiger partial charge is 0.0912 e. The summed E-state index contributed by atoms with van der Waals surface area (Å²) in [7, 11) is 0. The highest BCUT2D eigenvalue weighted by Gasteiger charge is 2.11. The van der Waals surface area contributed by atoms with Crippen LogP contribution in [0.1, 0.15) is 4.88 Å². The Hall–Kier alpha value is -0.540. The maximum Gasteiger partial charge on any atom is 0.0912 e. The Labute approximate surface area is 76.8 Å². The zero-order valence-corrected chi connectivity index (χ0v) is 8.06. The van der Waals surface area contributed by atoms with Crippen LogP contribution in [0.4, 0.5) is 5.00 Å². The zero-order valence-electron chi connectivity index (χ0n) is 7.25. The molecule has 1 aliphatic rings. The number of thiophene rings is 1. The van der Waals surface area contributed by atoms with Gasteiger partial charge in [0.05, 0.1) is 18.2 Å². The molecular weight excluding hydrogens is 170 g/mol. The molecule has 12 heavy (non-hydrogen) atoms. The molecule has 0 N–H and O–H groups in total. The van der Waals surface area contributed by atoms with Gasteiger partial charge in [-0.25, -0.2) is 0 Å². The highest BCUT2D eigenvalue weighted by Crippen LogP contribution is 2.25. The van der Waals surface area contributed by atoms with Crippen LogP contribution in [-0.4, -0.2) is 26.3 Å². The van der Waals surface area contributed by atoms with Gasteiger partial charge in [0.1, 0.15) is 0 Å². The SMILES string of the molecule is Cc1ccc(N2CCOCC2)s1. The van der Waals surface area contributed by atoms with Crippen molar-refractivity contribution in [2.75, 3.05) is 31.2 Å². The molecule has 0 atom stereocenters. The second-order valence-corrected chi connectivity index (χ2v) is 4.25. The third kappa shape index (κ3) is 1.62. The van der Waals surface area contributed by atoms with Crippen molar-refractivity contribution in [3.8, 4) is 0 Å². The van der Waals surface area contributed by atoms with Crippen molar-refractivity contribution in [2.24, 2.45) is 0 Å². The van der Waals surface area contributed by atoms with Crippen LogP contribution in [0.5, 0.6) is 0 Å². The summed E-state index contributed by atoms with van der Waals surface area (Å²) in [5.41, 5.74) is 0. The van der Waals surface area contributed by atoms with Crippen LogP contribution in [0.2, 0.25) is 0 Å². The monoisotopic (exact) mass is 183 g/mol. The van der Waals surface area contributed by atoms with Crippen molar-refractivity contribution < 1.29 is 4.74 Å². The molecule has 1 aromatic rings. The van der Waals surface area contributed by atoms with Crippen LogP contribution in [0, 0.1) is 6.92 Å². The van der Waals surface area contributed by atoms with E-state index < -0.39 is 0 Å². The van der Waals surface area contributed by atoms with Crippen molar-refractivity contribution in [1.29, 1.82) is 0 Å². The third-order valence-corrected chi connectivity index (χ3v) is 3.11. The number of hydrogen-bond acceptors (Lipinski definition) is 3. The second kappa shape index (κ2) is 3.46. The average Bonchev–Trinajstić information content (AvgIpc) is 2.54. The van der Waals surface area contributed by atoms with E-state index in [4.69, 9.17) is 4.74 Å². The second-order valence-electron chi connectivity index (χ2n) is 2.98. The van der Waals surface area contributed by atoms with E-state index in [1.807, 2.05) is 11.3 Å². The lowest BCUT2D eigenvalue weighted by atomic mass is 10.4. The van der Waals surface area contributed by atoms with E-state index in [9.17, 15) is 0 Å². The predicted molar refractivity (Wildman–Crippen MR) is 52.1 cm³/mol. The van der Waals surface area contributed by atoms with Gasteiger partial charge in [-0.05, 0) is 19.1 Å². The Balaban J connectivity index is 2.08. The lowest BCUT2D eigenvalue weighted by Gasteiger charge is -2.27. The van der Waals surface area contributed by atoms with Gasteiger partial charge in [-0.2, -0.15) is 0 Å². The Morgan fingerprint density at radius 2 is 2.08 bits per heavy atom. The Bertz CT molecular complexity index is 253. The van der Waals surface area contributed by atoms with Crippen LogP contribution < -0.4 is 4.90 Å². The summed E-state index contributed by atoms with van der Waals surface area (Å²) in [5, 5.41) is 1.39. The van der Waals surface area contributed by atoms with Crippen molar-refractivity contribution in [3.05, 3.63) is 17.0 Å². The summed E-state index contributed by atoms with van der Waals surface area (Å²) in [6.45, 7) is 5.97. The fourth-order valence-electron chi connectivity index (χ4n) is 1.38. The fraction of sp³-hybridized carbons (Fsp3) is 0.556. The van der Waals surface area contributed by atoms with E-state index in [0.29, 0.717) is 0 Å². The van der Waals surface area contributed by atoms with Crippen LogP contribution in [-0.2, 0) is 4.74 Å². The molecule has 0 aliphatic carbocycles. The van der Waals surface area contributed by atoms with Gasteiger partial charge in [-0.1, -0.05) is 0 Å². The molecule has 3 heteroatoms. The summed E-state index contributed by atoms with van der Waals surface area (Å²) in [6.07, 6.45) is 0. The molecule has 0 bridgehead atoms. The Kier molecular flexibility index (Phi) is 2.33. The van der Waals surface area contributed by atoms with Crippen LogP contribution >= 0.6 is 11.3 Å². The third-order valence-electron chi connectivity index (χ3n) is 2.05. The first kappa shape index (κ1) is 8.08. The number of ether oxygens (including phenoxy) is 1. The van der Waals surface area contributed by atoms with E-state index in [1.165, 1.54) is 9.88 Å². The van der Waals surface area contributed by atoms with Crippen LogP contribution in [0.25, 0.3) is 0 Å². The minimum absolute atomic E-state index is 0.872. The first-order valence-corrected chi connectivity index (χ1v) is 5.07. The number of hydrogen-bond donors (Lipinski definition) is 0. The minimum atomic E-state index is 0.872. The van der Waals surface area contributed by atoms with Crippen molar-refractivity contribution >= 4 is 16.3 Å². The van der Waals surface area contributed by atoms with Crippen molar-refractivity contribution in [3.63, 3.8) is 0 Å². The minimum Gasteiger partial charge on any atom is -0.378 e. The van der Waals surface area contributed by atoms with E-state index in [0.717, 1.165) is 26.3 Å². The standard InChI is InChI=1S/C9H13NOS/c1-8-2-3-9(12-8)10-4-6-11-7-5-10/h2-3H,4-7H2,1H3. The van der Waals surface area contributed by atoms with Gasteiger partial charge in [-0.3, -0.25) is 0 Å². The predicted octanol–water partition coefficient (Wildman–Crippen LogP) is 1.89. The van der Waals surface area contributed by atoms with Gasteiger partial charge in [0.15, 0.2) is 0 Å². The molecule has 1 fully saturated rings.